The van der Waals surface area contributed by atoms with Gasteiger partial charge in [0.15, 0.2) is 5.11 Å². The van der Waals surface area contributed by atoms with Gasteiger partial charge < -0.3 is 19.5 Å². The van der Waals surface area contributed by atoms with E-state index in [0.29, 0.717) is 5.11 Å². The largest absolute Gasteiger partial charge is 0.497 e. The molecule has 1 saturated heterocycles. The lowest BCUT2D eigenvalue weighted by Gasteiger charge is -2.28. The number of hydrogen-bond donors (Lipinski definition) is 1. The molecule has 3 aromatic heterocycles. The molecule has 5 rings (SSSR count). The first-order valence-electron chi connectivity index (χ1n) is 11.2. The Hall–Kier alpha value is -3.71. The lowest BCUT2D eigenvalue weighted by atomic mass is 9.96. The fraction of sp³-hybridized carbons (Fsp3) is 0.222. The molecule has 0 amide bonds. The number of nitrogens with zero attached hydrogens (tertiary/aromatic N) is 4. The molecule has 1 fully saturated rings. The van der Waals surface area contributed by atoms with Gasteiger partial charge in [-0.15, -0.1) is 0 Å². The van der Waals surface area contributed by atoms with Gasteiger partial charge in [0.25, 0.3) is 0 Å². The van der Waals surface area contributed by atoms with Crippen LogP contribution in [0.1, 0.15) is 40.3 Å². The molecule has 34 heavy (non-hydrogen) atoms. The Morgan fingerprint density at radius 2 is 1.76 bits per heavy atom. The van der Waals surface area contributed by atoms with E-state index in [1.807, 2.05) is 61.8 Å². The molecule has 0 saturated carbocycles. The monoisotopic (exact) mass is 469 g/mol. The van der Waals surface area contributed by atoms with Crippen LogP contribution in [0.2, 0.25) is 0 Å². The highest BCUT2D eigenvalue weighted by atomic mass is 32.1. The molecule has 1 aromatic carbocycles. The van der Waals surface area contributed by atoms with Crippen molar-refractivity contribution in [2.75, 3.05) is 12.0 Å². The van der Waals surface area contributed by atoms with Crippen LogP contribution in [0.15, 0.2) is 73.1 Å². The van der Waals surface area contributed by atoms with Gasteiger partial charge in [0.2, 0.25) is 0 Å². The molecule has 0 spiro atoms. The standard InChI is InChI=1S/C27H27N5OS/c1-17-8-13-24(29-16-17)31-18(2)15-22(19(31)3)26-25(23-7-5-6-14-28-23)30-27(34)32(26)20-9-11-21(33-4)12-10-20/h5-16,25-26H,1-4H3,(H,30,34)/t25-,26+/m1/s1. The maximum Gasteiger partial charge on any atom is 0.174 e. The topological polar surface area (TPSA) is 55.2 Å². The molecule has 0 unspecified atom stereocenters. The van der Waals surface area contributed by atoms with E-state index in [4.69, 9.17) is 17.0 Å². The van der Waals surface area contributed by atoms with Crippen LogP contribution in [0.25, 0.3) is 5.82 Å². The highest BCUT2D eigenvalue weighted by Gasteiger charge is 2.42. The lowest BCUT2D eigenvalue weighted by Crippen LogP contribution is -2.29. The summed E-state index contributed by atoms with van der Waals surface area (Å²) in [5.41, 5.74) is 6.52. The quantitative estimate of drug-likeness (QED) is 0.396. The number of hydrogen-bond acceptors (Lipinski definition) is 4. The smallest absolute Gasteiger partial charge is 0.174 e. The summed E-state index contributed by atoms with van der Waals surface area (Å²) < 4.78 is 7.58. The van der Waals surface area contributed by atoms with Crippen molar-refractivity contribution in [3.05, 3.63) is 101 Å². The molecule has 1 N–H and O–H groups in total. The van der Waals surface area contributed by atoms with E-state index in [0.717, 1.165) is 39.9 Å². The van der Waals surface area contributed by atoms with E-state index in [1.165, 1.54) is 5.56 Å². The summed E-state index contributed by atoms with van der Waals surface area (Å²) in [6.45, 7) is 6.31. The zero-order valence-corrected chi connectivity index (χ0v) is 20.5. The predicted molar refractivity (Wildman–Crippen MR) is 139 cm³/mol. The van der Waals surface area contributed by atoms with Crippen LogP contribution in [0, 0.1) is 20.8 Å². The van der Waals surface area contributed by atoms with Gasteiger partial charge in [-0.05, 0) is 92.6 Å². The zero-order valence-electron chi connectivity index (χ0n) is 19.7. The summed E-state index contributed by atoms with van der Waals surface area (Å²) in [4.78, 5) is 11.5. The molecule has 1 aliphatic heterocycles. The third-order valence-corrected chi connectivity index (χ3v) is 6.68. The molecule has 0 radical (unpaired) electrons. The van der Waals surface area contributed by atoms with Crippen molar-refractivity contribution in [3.8, 4) is 11.6 Å². The number of aryl methyl sites for hydroxylation is 2. The van der Waals surface area contributed by atoms with Gasteiger partial charge in [-0.1, -0.05) is 12.1 Å². The van der Waals surface area contributed by atoms with E-state index in [-0.39, 0.29) is 12.1 Å². The van der Waals surface area contributed by atoms with Crippen LogP contribution in [-0.4, -0.2) is 26.8 Å². The van der Waals surface area contributed by atoms with Crippen LogP contribution in [0.3, 0.4) is 0 Å². The van der Waals surface area contributed by atoms with E-state index < -0.39 is 0 Å². The number of methoxy groups -OCH3 is 1. The summed E-state index contributed by atoms with van der Waals surface area (Å²) in [7, 11) is 1.67. The van der Waals surface area contributed by atoms with Crippen molar-refractivity contribution < 1.29 is 4.74 Å². The highest BCUT2D eigenvalue weighted by Crippen LogP contribution is 2.43. The molecule has 7 heteroatoms. The first-order chi connectivity index (χ1) is 16.5. The van der Waals surface area contributed by atoms with Crippen molar-refractivity contribution in [1.82, 2.24) is 19.9 Å². The number of ether oxygens (including phenoxy) is 1. The molecule has 1 aliphatic rings. The Bertz CT molecular complexity index is 1320. The van der Waals surface area contributed by atoms with Gasteiger partial charge in [-0.25, -0.2) is 4.98 Å². The number of benzene rings is 1. The molecule has 0 aliphatic carbocycles. The van der Waals surface area contributed by atoms with Crippen LogP contribution in [0.4, 0.5) is 5.69 Å². The van der Waals surface area contributed by atoms with Gasteiger partial charge in [0.1, 0.15) is 11.6 Å². The van der Waals surface area contributed by atoms with Crippen molar-refractivity contribution in [1.29, 1.82) is 0 Å². The van der Waals surface area contributed by atoms with Crippen LogP contribution in [-0.2, 0) is 0 Å². The van der Waals surface area contributed by atoms with Crippen molar-refractivity contribution >= 4 is 23.0 Å². The summed E-state index contributed by atoms with van der Waals surface area (Å²) in [5.74, 6) is 1.72. The second-order valence-corrected chi connectivity index (χ2v) is 8.94. The fourth-order valence-corrected chi connectivity index (χ4v) is 5.07. The minimum Gasteiger partial charge on any atom is -0.497 e. The van der Waals surface area contributed by atoms with Crippen molar-refractivity contribution in [2.45, 2.75) is 32.9 Å². The average Bonchev–Trinajstić information content (AvgIpc) is 3.35. The first-order valence-corrected chi connectivity index (χ1v) is 11.7. The molecule has 0 bridgehead atoms. The summed E-state index contributed by atoms with van der Waals surface area (Å²) in [6, 6.07) is 20.2. The molecule has 2 atom stereocenters. The Labute approximate surface area is 205 Å². The number of thiocarbonyl (C=S) groups is 1. The average molecular weight is 470 g/mol. The maximum atomic E-state index is 5.87. The fourth-order valence-electron chi connectivity index (χ4n) is 4.72. The molecule has 4 aromatic rings. The highest BCUT2D eigenvalue weighted by molar-refractivity contribution is 7.80. The summed E-state index contributed by atoms with van der Waals surface area (Å²) in [6.07, 6.45) is 3.73. The summed E-state index contributed by atoms with van der Waals surface area (Å²) >= 11 is 5.87. The normalized spacial score (nSPS) is 17.6. The van der Waals surface area contributed by atoms with Crippen molar-refractivity contribution in [3.63, 3.8) is 0 Å². The first kappa shape index (κ1) is 22.1. The molecule has 6 nitrogen and oxygen atoms in total. The second kappa shape index (κ2) is 8.91. The zero-order chi connectivity index (χ0) is 23.8. The van der Waals surface area contributed by atoms with Gasteiger partial charge >= 0.3 is 0 Å². The van der Waals surface area contributed by atoms with Crippen molar-refractivity contribution in [2.24, 2.45) is 0 Å². The number of rotatable bonds is 5. The van der Waals surface area contributed by atoms with Crippen LogP contribution >= 0.6 is 12.2 Å². The van der Waals surface area contributed by atoms with E-state index in [2.05, 4.69) is 56.8 Å². The molecular formula is C27H27N5OS. The number of aromatic nitrogens is 3. The van der Waals surface area contributed by atoms with Crippen LogP contribution < -0.4 is 15.0 Å². The molecule has 4 heterocycles. The van der Waals surface area contributed by atoms with Gasteiger partial charge in [-0.3, -0.25) is 4.98 Å². The van der Waals surface area contributed by atoms with E-state index in [1.54, 1.807) is 7.11 Å². The van der Waals surface area contributed by atoms with E-state index >= 15 is 0 Å². The van der Waals surface area contributed by atoms with E-state index in [9.17, 15) is 0 Å². The Balaban J connectivity index is 1.66. The van der Waals surface area contributed by atoms with Gasteiger partial charge in [-0.2, -0.15) is 0 Å². The Kier molecular flexibility index (Phi) is 5.79. The van der Waals surface area contributed by atoms with Gasteiger partial charge in [0.05, 0.1) is 24.9 Å². The third kappa shape index (κ3) is 3.82. The second-order valence-electron chi connectivity index (χ2n) is 8.55. The minimum absolute atomic E-state index is 0.0822. The molecular weight excluding hydrogens is 442 g/mol. The predicted octanol–water partition coefficient (Wildman–Crippen LogP) is 5.38. The number of pyridine rings is 2. The van der Waals surface area contributed by atoms with Crippen LogP contribution in [0.5, 0.6) is 5.75 Å². The lowest BCUT2D eigenvalue weighted by molar-refractivity contribution is 0.415. The minimum atomic E-state index is -0.101. The number of anilines is 1. The summed E-state index contributed by atoms with van der Waals surface area (Å²) in [5, 5.41) is 4.21. The third-order valence-electron chi connectivity index (χ3n) is 6.36. The SMILES string of the molecule is COc1ccc(N2C(=S)N[C@H](c3ccccn3)[C@@H]2c2cc(C)n(-c3ccc(C)cn3)c2C)cc1. The number of nitrogens with one attached hydrogen (secondary N) is 1. The van der Waals surface area contributed by atoms with Gasteiger partial charge in [0, 0.05) is 29.5 Å². The molecule has 172 valence electrons. The Morgan fingerprint density at radius 1 is 0.971 bits per heavy atom. The Morgan fingerprint density at radius 3 is 2.41 bits per heavy atom. The maximum absolute atomic E-state index is 5.87.